The number of amides is 1. The number of hydrogen-bond acceptors (Lipinski definition) is 6. The van der Waals surface area contributed by atoms with E-state index < -0.39 is 24.3 Å². The number of ether oxygens (including phenoxy) is 1. The summed E-state index contributed by atoms with van der Waals surface area (Å²) in [7, 11) is 2.11. The fraction of sp³-hybridized carbons (Fsp3) is 0.579. The average Bonchev–Trinajstić information content (AvgIpc) is 2.73. The van der Waals surface area contributed by atoms with Crippen molar-refractivity contribution in [2.75, 3.05) is 26.7 Å². The normalized spacial score (nSPS) is 22.6. The third-order valence-electron chi connectivity index (χ3n) is 4.67. The molecule has 34 heavy (non-hydrogen) atoms. The van der Waals surface area contributed by atoms with Crippen molar-refractivity contribution < 1.29 is 55.7 Å². The zero-order chi connectivity index (χ0) is 26.1. The van der Waals surface area contributed by atoms with E-state index in [2.05, 4.69) is 22.2 Å². The highest BCUT2D eigenvalue weighted by molar-refractivity contribution is 5.94. The first-order valence-electron chi connectivity index (χ1n) is 9.74. The average molecular weight is 503 g/mol. The predicted molar refractivity (Wildman–Crippen MR) is 103 cm³/mol. The third kappa shape index (κ3) is 9.91. The van der Waals surface area contributed by atoms with Gasteiger partial charge >= 0.3 is 24.3 Å². The number of hydrogen-bond donors (Lipinski definition) is 3. The van der Waals surface area contributed by atoms with Crippen LogP contribution in [-0.4, -0.2) is 89.2 Å². The number of likely N-dealkylation sites (tertiary alicyclic amines) is 1. The molecule has 15 heteroatoms. The standard InChI is InChI=1S/C15H21N3O2.2C2HF3O2/c1-18-9-12-5-3-7-20-14(12)13(10-18)17-15(19)11-4-2-6-16-8-11;2*3-2(4,5)1(6)7/h2,4,6,8,12-14H,3,5,7,9-10H2,1H3,(H,17,19);2*(H,6,7)/t12-,13+,14-;;/m0../s1. The lowest BCUT2D eigenvalue weighted by Crippen LogP contribution is -2.60. The Morgan fingerprint density at radius 1 is 1.09 bits per heavy atom. The molecule has 192 valence electrons. The second kappa shape index (κ2) is 12.5. The number of carboxylic acid groups (broad SMARTS) is 2. The Hall–Kier alpha value is -2.94. The van der Waals surface area contributed by atoms with E-state index >= 15 is 0 Å². The van der Waals surface area contributed by atoms with Crippen LogP contribution in [0.3, 0.4) is 0 Å². The summed E-state index contributed by atoms with van der Waals surface area (Å²) in [5, 5.41) is 17.4. The molecule has 3 rings (SSSR count). The van der Waals surface area contributed by atoms with Gasteiger partial charge in [0.25, 0.3) is 5.91 Å². The SMILES string of the molecule is CN1C[C@@H]2CCCO[C@@H]2[C@H](NC(=O)c2cccnc2)C1.O=C(O)C(F)(F)F.O=C(O)C(F)(F)F. The Bertz CT molecular complexity index is 797. The minimum Gasteiger partial charge on any atom is -0.475 e. The van der Waals surface area contributed by atoms with E-state index in [4.69, 9.17) is 24.5 Å². The van der Waals surface area contributed by atoms with Gasteiger partial charge in [0, 0.05) is 32.1 Å². The molecule has 1 aromatic rings. The highest BCUT2D eigenvalue weighted by atomic mass is 19.4. The lowest BCUT2D eigenvalue weighted by molar-refractivity contribution is -0.193. The molecule has 1 amide bonds. The van der Waals surface area contributed by atoms with Crippen LogP contribution >= 0.6 is 0 Å². The summed E-state index contributed by atoms with van der Waals surface area (Å²) >= 11 is 0. The lowest BCUT2D eigenvalue weighted by atomic mass is 9.85. The van der Waals surface area contributed by atoms with Gasteiger partial charge in [-0.05, 0) is 37.9 Å². The molecule has 0 saturated carbocycles. The molecule has 3 atom stereocenters. The van der Waals surface area contributed by atoms with Crippen LogP contribution in [0, 0.1) is 5.92 Å². The maximum absolute atomic E-state index is 12.3. The van der Waals surface area contributed by atoms with Crippen LogP contribution in [0.5, 0.6) is 0 Å². The number of alkyl halides is 6. The van der Waals surface area contributed by atoms with Gasteiger partial charge in [-0.1, -0.05) is 0 Å². The molecule has 0 aliphatic carbocycles. The minimum atomic E-state index is -5.08. The Balaban J connectivity index is 0.000000343. The molecule has 0 unspecified atom stereocenters. The Morgan fingerprint density at radius 3 is 2.12 bits per heavy atom. The van der Waals surface area contributed by atoms with Gasteiger partial charge in [0.05, 0.1) is 17.7 Å². The third-order valence-corrected chi connectivity index (χ3v) is 4.67. The number of pyridine rings is 1. The number of carbonyl (C=O) groups excluding carboxylic acids is 1. The van der Waals surface area contributed by atoms with Gasteiger partial charge < -0.3 is 25.2 Å². The number of carbonyl (C=O) groups is 3. The summed E-state index contributed by atoms with van der Waals surface area (Å²) in [4.78, 5) is 36.3. The van der Waals surface area contributed by atoms with E-state index in [1.165, 1.54) is 6.42 Å². The molecule has 2 aliphatic rings. The van der Waals surface area contributed by atoms with Crippen molar-refractivity contribution in [3.63, 3.8) is 0 Å². The number of rotatable bonds is 2. The second-order valence-corrected chi connectivity index (χ2v) is 7.39. The van der Waals surface area contributed by atoms with Gasteiger partial charge in [-0.25, -0.2) is 9.59 Å². The van der Waals surface area contributed by atoms with Crippen LogP contribution in [0.25, 0.3) is 0 Å². The monoisotopic (exact) mass is 503 g/mol. The molecule has 3 heterocycles. The predicted octanol–water partition coefficient (Wildman–Crippen LogP) is 2.19. The van der Waals surface area contributed by atoms with Crippen LogP contribution in [0.2, 0.25) is 0 Å². The lowest BCUT2D eigenvalue weighted by Gasteiger charge is -2.44. The van der Waals surface area contributed by atoms with E-state index in [0.717, 1.165) is 26.1 Å². The van der Waals surface area contributed by atoms with Gasteiger partial charge in [0.2, 0.25) is 0 Å². The number of nitrogens with zero attached hydrogens (tertiary/aromatic N) is 2. The smallest absolute Gasteiger partial charge is 0.475 e. The highest BCUT2D eigenvalue weighted by Crippen LogP contribution is 2.28. The number of aliphatic carboxylic acids is 2. The van der Waals surface area contributed by atoms with Crippen molar-refractivity contribution >= 4 is 17.8 Å². The number of carboxylic acids is 2. The first kappa shape index (κ1) is 29.1. The first-order valence-corrected chi connectivity index (χ1v) is 9.74. The summed E-state index contributed by atoms with van der Waals surface area (Å²) in [5.74, 6) is -5.05. The van der Waals surface area contributed by atoms with Crippen LogP contribution in [0.1, 0.15) is 23.2 Å². The quantitative estimate of drug-likeness (QED) is 0.524. The molecule has 2 fully saturated rings. The number of halogens is 6. The van der Waals surface area contributed by atoms with Crippen molar-refractivity contribution in [3.05, 3.63) is 30.1 Å². The van der Waals surface area contributed by atoms with E-state index in [0.29, 0.717) is 11.5 Å². The highest BCUT2D eigenvalue weighted by Gasteiger charge is 2.40. The Labute approximate surface area is 189 Å². The fourth-order valence-electron chi connectivity index (χ4n) is 3.30. The molecule has 1 aromatic heterocycles. The van der Waals surface area contributed by atoms with Crippen molar-refractivity contribution in [1.29, 1.82) is 0 Å². The van der Waals surface area contributed by atoms with Crippen molar-refractivity contribution in [3.8, 4) is 0 Å². The van der Waals surface area contributed by atoms with Gasteiger partial charge in [0.1, 0.15) is 0 Å². The number of nitrogens with one attached hydrogen (secondary N) is 1. The van der Waals surface area contributed by atoms with Crippen LogP contribution in [0.15, 0.2) is 24.5 Å². The van der Waals surface area contributed by atoms with Gasteiger partial charge in [-0.2, -0.15) is 26.3 Å². The molecule has 0 radical (unpaired) electrons. The topological polar surface area (TPSA) is 129 Å². The van der Waals surface area contributed by atoms with E-state index in [-0.39, 0.29) is 18.1 Å². The maximum atomic E-state index is 12.3. The van der Waals surface area contributed by atoms with Crippen LogP contribution in [-0.2, 0) is 14.3 Å². The molecule has 0 spiro atoms. The van der Waals surface area contributed by atoms with Gasteiger partial charge in [-0.15, -0.1) is 0 Å². The van der Waals surface area contributed by atoms with Crippen molar-refractivity contribution in [2.24, 2.45) is 5.92 Å². The van der Waals surface area contributed by atoms with Gasteiger partial charge in [0.15, 0.2) is 0 Å². The number of aromatic nitrogens is 1. The Morgan fingerprint density at radius 2 is 1.65 bits per heavy atom. The zero-order valence-electron chi connectivity index (χ0n) is 17.8. The summed E-state index contributed by atoms with van der Waals surface area (Å²) in [6, 6.07) is 3.63. The molecule has 3 N–H and O–H groups in total. The summed E-state index contributed by atoms with van der Waals surface area (Å²) in [5.41, 5.74) is 0.605. The molecule has 2 saturated heterocycles. The van der Waals surface area contributed by atoms with Crippen molar-refractivity contribution in [2.45, 2.75) is 37.3 Å². The molecule has 0 aromatic carbocycles. The van der Waals surface area contributed by atoms with E-state index in [1.54, 1.807) is 24.5 Å². The molecule has 9 nitrogen and oxygen atoms in total. The fourth-order valence-corrected chi connectivity index (χ4v) is 3.30. The maximum Gasteiger partial charge on any atom is 0.490 e. The van der Waals surface area contributed by atoms with Gasteiger partial charge in [-0.3, -0.25) is 9.78 Å². The molecule has 2 aliphatic heterocycles. The van der Waals surface area contributed by atoms with Crippen LogP contribution in [0.4, 0.5) is 26.3 Å². The molecular formula is C19H23F6N3O6. The zero-order valence-corrected chi connectivity index (χ0v) is 17.8. The molecule has 0 bridgehead atoms. The second-order valence-electron chi connectivity index (χ2n) is 7.39. The number of fused-ring (bicyclic) bond motifs is 1. The first-order chi connectivity index (χ1) is 15.6. The number of piperidine rings is 1. The van der Waals surface area contributed by atoms with Crippen LogP contribution < -0.4 is 5.32 Å². The van der Waals surface area contributed by atoms with E-state index in [1.807, 2.05) is 0 Å². The largest absolute Gasteiger partial charge is 0.490 e. The summed E-state index contributed by atoms with van der Waals surface area (Å²) in [6.07, 6.45) is -4.43. The van der Waals surface area contributed by atoms with E-state index in [9.17, 15) is 31.1 Å². The summed E-state index contributed by atoms with van der Waals surface area (Å²) in [6.45, 7) is 2.71. The Kier molecular flexibility index (Phi) is 10.7. The molecular weight excluding hydrogens is 480 g/mol. The summed E-state index contributed by atoms with van der Waals surface area (Å²) < 4.78 is 69.4. The van der Waals surface area contributed by atoms with Crippen molar-refractivity contribution in [1.82, 2.24) is 15.2 Å². The number of likely N-dealkylation sites (N-methyl/N-ethyl adjacent to an activating group) is 1. The minimum absolute atomic E-state index is 0.0618.